The molecule has 0 unspecified atom stereocenters. The number of carbonyl (C=O) groups excluding carboxylic acids is 1. The lowest BCUT2D eigenvalue weighted by molar-refractivity contribution is 0.0955. The van der Waals surface area contributed by atoms with E-state index in [4.69, 9.17) is 11.6 Å². The van der Waals surface area contributed by atoms with Gasteiger partial charge >= 0.3 is 0 Å². The molecule has 25 heavy (non-hydrogen) atoms. The average Bonchev–Trinajstić information content (AvgIpc) is 2.91. The number of benzene rings is 2. The van der Waals surface area contributed by atoms with E-state index < -0.39 is 5.91 Å². The van der Waals surface area contributed by atoms with Crippen LogP contribution in [0.25, 0.3) is 5.69 Å². The van der Waals surface area contributed by atoms with Gasteiger partial charge in [-0.15, -0.1) is 0 Å². The van der Waals surface area contributed by atoms with E-state index in [2.05, 4.69) is 15.6 Å². The Labute approximate surface area is 148 Å². The number of halogens is 1. The number of carbonyl (C=O) groups is 1. The third kappa shape index (κ3) is 3.54. The quantitative estimate of drug-likeness (QED) is 0.558. The number of aromatic amines is 1. The molecule has 7 heteroatoms. The number of hydrogen-bond acceptors (Lipinski definition) is 3. The predicted octanol–water partition coefficient (Wildman–Crippen LogP) is 2.89. The summed E-state index contributed by atoms with van der Waals surface area (Å²) in [5.41, 5.74) is 4.16. The number of nitrogens with zero attached hydrogens (tertiary/aromatic N) is 2. The Morgan fingerprint density at radius 3 is 2.56 bits per heavy atom. The van der Waals surface area contributed by atoms with E-state index in [0.29, 0.717) is 21.8 Å². The van der Waals surface area contributed by atoms with Crippen molar-refractivity contribution in [2.24, 2.45) is 5.10 Å². The standard InChI is InChI=1S/C18H15ClN4O2/c1-12-15(18(25)23(22-12)13-7-3-2-4-8-13)11-20-21-17(24)14-9-5-6-10-16(14)19/h2-11,22H,1H3,(H,21,24)/b20-11-. The Bertz CT molecular complexity index is 990. The first kappa shape index (κ1) is 16.7. The van der Waals surface area contributed by atoms with Gasteiger partial charge in [0.25, 0.3) is 11.5 Å². The Morgan fingerprint density at radius 1 is 1.16 bits per heavy atom. The number of hydrazone groups is 1. The van der Waals surface area contributed by atoms with Gasteiger partial charge in [-0.2, -0.15) is 5.10 Å². The molecular formula is C18H15ClN4O2. The number of H-pyrrole nitrogens is 1. The highest BCUT2D eigenvalue weighted by Gasteiger charge is 2.11. The summed E-state index contributed by atoms with van der Waals surface area (Å²) in [6.07, 6.45) is 1.32. The fourth-order valence-electron chi connectivity index (χ4n) is 2.33. The molecule has 2 N–H and O–H groups in total. The monoisotopic (exact) mass is 354 g/mol. The highest BCUT2D eigenvalue weighted by atomic mass is 35.5. The van der Waals surface area contributed by atoms with E-state index in [1.165, 1.54) is 10.9 Å². The molecule has 0 atom stereocenters. The lowest BCUT2D eigenvalue weighted by Gasteiger charge is -2.01. The van der Waals surface area contributed by atoms with Gasteiger partial charge in [0.15, 0.2) is 0 Å². The summed E-state index contributed by atoms with van der Waals surface area (Å²) in [5.74, 6) is -0.446. The SMILES string of the molecule is Cc1[nH]n(-c2ccccc2)c(=O)c1/C=N\NC(=O)c1ccccc1Cl. The third-order valence-corrected chi connectivity index (χ3v) is 3.94. The maximum Gasteiger partial charge on any atom is 0.280 e. The minimum atomic E-state index is -0.446. The van der Waals surface area contributed by atoms with E-state index in [9.17, 15) is 9.59 Å². The van der Waals surface area contributed by atoms with Gasteiger partial charge in [-0.05, 0) is 31.2 Å². The summed E-state index contributed by atoms with van der Waals surface area (Å²) in [6, 6.07) is 15.8. The summed E-state index contributed by atoms with van der Waals surface area (Å²) in [4.78, 5) is 24.5. The first-order valence-electron chi connectivity index (χ1n) is 7.53. The molecule has 1 heterocycles. The molecule has 0 fully saturated rings. The number of rotatable bonds is 4. The van der Waals surface area contributed by atoms with Crippen molar-refractivity contribution < 1.29 is 4.79 Å². The van der Waals surface area contributed by atoms with Crippen LogP contribution in [0.15, 0.2) is 64.5 Å². The molecule has 1 amide bonds. The van der Waals surface area contributed by atoms with E-state index in [-0.39, 0.29) is 5.56 Å². The van der Waals surface area contributed by atoms with Crippen LogP contribution in [0, 0.1) is 6.92 Å². The number of aromatic nitrogens is 2. The molecule has 3 aromatic rings. The normalized spacial score (nSPS) is 11.0. The summed E-state index contributed by atoms with van der Waals surface area (Å²) in [7, 11) is 0. The second-order valence-electron chi connectivity index (χ2n) is 5.31. The molecule has 0 aliphatic carbocycles. The zero-order valence-electron chi connectivity index (χ0n) is 13.4. The van der Waals surface area contributed by atoms with Crippen molar-refractivity contribution in [2.45, 2.75) is 6.92 Å². The van der Waals surface area contributed by atoms with Gasteiger partial charge in [-0.25, -0.2) is 10.1 Å². The zero-order chi connectivity index (χ0) is 17.8. The molecule has 0 aliphatic heterocycles. The third-order valence-electron chi connectivity index (χ3n) is 3.61. The highest BCUT2D eigenvalue weighted by Crippen LogP contribution is 2.14. The Hall–Kier alpha value is -3.12. The van der Waals surface area contributed by atoms with Gasteiger partial charge in [0.05, 0.1) is 28.1 Å². The first-order chi connectivity index (χ1) is 12.1. The van der Waals surface area contributed by atoms with E-state index in [1.807, 2.05) is 30.3 Å². The van der Waals surface area contributed by atoms with Crippen LogP contribution in [0.4, 0.5) is 0 Å². The van der Waals surface area contributed by atoms with Crippen molar-refractivity contribution in [2.75, 3.05) is 0 Å². The molecule has 0 spiro atoms. The van der Waals surface area contributed by atoms with Crippen molar-refractivity contribution in [1.29, 1.82) is 0 Å². The second kappa shape index (κ2) is 7.19. The van der Waals surface area contributed by atoms with Gasteiger partial charge in [-0.1, -0.05) is 41.9 Å². The minimum Gasteiger partial charge on any atom is -0.295 e. The summed E-state index contributed by atoms with van der Waals surface area (Å²) < 4.78 is 1.42. The fraction of sp³-hybridized carbons (Fsp3) is 0.0556. The largest absolute Gasteiger partial charge is 0.295 e. The van der Waals surface area contributed by atoms with Gasteiger partial charge in [0.1, 0.15) is 0 Å². The molecule has 3 rings (SSSR count). The molecule has 0 aliphatic rings. The van der Waals surface area contributed by atoms with Gasteiger partial charge in [0.2, 0.25) is 0 Å². The molecule has 1 aromatic heterocycles. The van der Waals surface area contributed by atoms with Crippen LogP contribution in [0.1, 0.15) is 21.6 Å². The van der Waals surface area contributed by atoms with Crippen molar-refractivity contribution in [3.8, 4) is 5.69 Å². The maximum atomic E-state index is 12.5. The topological polar surface area (TPSA) is 79.2 Å². The van der Waals surface area contributed by atoms with Crippen LogP contribution in [-0.4, -0.2) is 21.9 Å². The van der Waals surface area contributed by atoms with E-state index >= 15 is 0 Å². The Morgan fingerprint density at radius 2 is 1.84 bits per heavy atom. The predicted molar refractivity (Wildman–Crippen MR) is 97.6 cm³/mol. The van der Waals surface area contributed by atoms with E-state index in [1.54, 1.807) is 31.2 Å². The van der Waals surface area contributed by atoms with Crippen LogP contribution in [0.5, 0.6) is 0 Å². The van der Waals surface area contributed by atoms with Gasteiger partial charge in [-0.3, -0.25) is 14.7 Å². The molecule has 0 saturated heterocycles. The average molecular weight is 355 g/mol. The number of aryl methyl sites for hydroxylation is 1. The van der Waals surface area contributed by atoms with Crippen LogP contribution in [-0.2, 0) is 0 Å². The molecule has 2 aromatic carbocycles. The molecule has 0 bridgehead atoms. The summed E-state index contributed by atoms with van der Waals surface area (Å²) >= 11 is 5.97. The Kier molecular flexibility index (Phi) is 4.81. The zero-order valence-corrected chi connectivity index (χ0v) is 14.1. The number of nitrogens with one attached hydrogen (secondary N) is 2. The molecule has 6 nitrogen and oxygen atoms in total. The molecule has 0 saturated carbocycles. The smallest absolute Gasteiger partial charge is 0.280 e. The molecule has 0 radical (unpaired) electrons. The van der Waals surface area contributed by atoms with Crippen molar-refractivity contribution in [1.82, 2.24) is 15.2 Å². The van der Waals surface area contributed by atoms with Crippen molar-refractivity contribution in [3.05, 3.63) is 86.8 Å². The van der Waals surface area contributed by atoms with Crippen LogP contribution in [0.3, 0.4) is 0 Å². The van der Waals surface area contributed by atoms with Crippen molar-refractivity contribution >= 4 is 23.7 Å². The minimum absolute atomic E-state index is 0.251. The number of amides is 1. The number of para-hydroxylation sites is 1. The van der Waals surface area contributed by atoms with Gasteiger partial charge in [0, 0.05) is 5.69 Å². The fourth-order valence-corrected chi connectivity index (χ4v) is 2.55. The lowest BCUT2D eigenvalue weighted by atomic mass is 10.2. The second-order valence-corrected chi connectivity index (χ2v) is 5.71. The Balaban J connectivity index is 1.81. The highest BCUT2D eigenvalue weighted by molar-refractivity contribution is 6.33. The first-order valence-corrected chi connectivity index (χ1v) is 7.90. The van der Waals surface area contributed by atoms with Crippen LogP contribution < -0.4 is 11.0 Å². The van der Waals surface area contributed by atoms with Gasteiger partial charge < -0.3 is 0 Å². The van der Waals surface area contributed by atoms with Crippen molar-refractivity contribution in [3.63, 3.8) is 0 Å². The lowest BCUT2D eigenvalue weighted by Crippen LogP contribution is -2.20. The molecule has 126 valence electrons. The maximum absolute atomic E-state index is 12.5. The van der Waals surface area contributed by atoms with E-state index in [0.717, 1.165) is 5.69 Å². The number of hydrogen-bond donors (Lipinski definition) is 2. The molecular weight excluding hydrogens is 340 g/mol. The van der Waals surface area contributed by atoms with Crippen LogP contribution in [0.2, 0.25) is 5.02 Å². The summed E-state index contributed by atoms with van der Waals surface area (Å²) in [6.45, 7) is 1.76. The summed E-state index contributed by atoms with van der Waals surface area (Å²) in [5, 5.41) is 7.19. The van der Waals surface area contributed by atoms with Crippen LogP contribution >= 0.6 is 11.6 Å².